The van der Waals surface area contributed by atoms with Crippen molar-refractivity contribution < 1.29 is 5.11 Å². The Morgan fingerprint density at radius 2 is 2.05 bits per heavy atom. The Hall–Kier alpha value is -0.900. The normalized spacial score (nSPS) is 25.2. The maximum atomic E-state index is 9.13. The van der Waals surface area contributed by atoms with Crippen molar-refractivity contribution in [1.82, 2.24) is 10.2 Å². The third-order valence-corrected chi connectivity index (χ3v) is 4.24. The Balaban J connectivity index is 2.14. The number of nitrogens with one attached hydrogen (secondary N) is 1. The fourth-order valence-electron chi connectivity index (χ4n) is 2.99. The number of nitrogens with zero attached hydrogens (tertiary/aromatic N) is 1. The van der Waals surface area contributed by atoms with E-state index in [2.05, 4.69) is 61.3 Å². The van der Waals surface area contributed by atoms with Gasteiger partial charge in [0.25, 0.3) is 0 Å². The van der Waals surface area contributed by atoms with E-state index < -0.39 is 0 Å². The number of rotatable bonds is 4. The molecule has 0 radical (unpaired) electrons. The molecule has 1 heterocycles. The minimum atomic E-state index is 0.140. The molecule has 2 atom stereocenters. The molecule has 0 saturated carbocycles. The van der Waals surface area contributed by atoms with Gasteiger partial charge >= 0.3 is 0 Å². The molecule has 2 N–H and O–H groups in total. The number of aliphatic hydroxyl groups is 1. The van der Waals surface area contributed by atoms with E-state index >= 15 is 0 Å². The fourth-order valence-corrected chi connectivity index (χ4v) is 2.99. The molecule has 1 fully saturated rings. The molecular formula is C16H26N2O. The standard InChI is InChI=1S/C16H26N2O/c1-13(14-7-5-4-6-8-14)18-11-15(9-10-19)17-12-16(18,2)3/h4-8,13,15,17,19H,9-12H2,1-3H3. The molecule has 2 unspecified atom stereocenters. The summed E-state index contributed by atoms with van der Waals surface area (Å²) >= 11 is 0. The Bertz CT molecular complexity index is 391. The smallest absolute Gasteiger partial charge is 0.0446 e. The van der Waals surface area contributed by atoms with E-state index in [4.69, 9.17) is 5.11 Å². The largest absolute Gasteiger partial charge is 0.396 e. The molecule has 106 valence electrons. The third-order valence-electron chi connectivity index (χ3n) is 4.24. The zero-order valence-corrected chi connectivity index (χ0v) is 12.3. The second kappa shape index (κ2) is 6.04. The van der Waals surface area contributed by atoms with Gasteiger partial charge in [-0.2, -0.15) is 0 Å². The summed E-state index contributed by atoms with van der Waals surface area (Å²) in [6, 6.07) is 11.5. The van der Waals surface area contributed by atoms with Crippen LogP contribution >= 0.6 is 0 Å². The maximum Gasteiger partial charge on any atom is 0.0446 e. The highest BCUT2D eigenvalue weighted by Crippen LogP contribution is 2.30. The zero-order valence-electron chi connectivity index (χ0n) is 12.3. The Morgan fingerprint density at radius 1 is 1.37 bits per heavy atom. The van der Waals surface area contributed by atoms with E-state index in [1.54, 1.807) is 0 Å². The predicted molar refractivity (Wildman–Crippen MR) is 79.1 cm³/mol. The summed E-state index contributed by atoms with van der Waals surface area (Å²) in [4.78, 5) is 2.55. The summed E-state index contributed by atoms with van der Waals surface area (Å²) in [6.45, 7) is 9.06. The molecule has 1 aliphatic heterocycles. The van der Waals surface area contributed by atoms with Gasteiger partial charge in [0.15, 0.2) is 0 Å². The van der Waals surface area contributed by atoms with Gasteiger partial charge in [-0.15, -0.1) is 0 Å². The number of aliphatic hydroxyl groups excluding tert-OH is 1. The number of benzene rings is 1. The Labute approximate surface area is 116 Å². The van der Waals surface area contributed by atoms with Gasteiger partial charge in [0.1, 0.15) is 0 Å². The van der Waals surface area contributed by atoms with Crippen molar-refractivity contribution in [3.63, 3.8) is 0 Å². The molecule has 0 aliphatic carbocycles. The van der Waals surface area contributed by atoms with Gasteiger partial charge in [0.2, 0.25) is 0 Å². The molecule has 0 spiro atoms. The minimum absolute atomic E-state index is 0.140. The predicted octanol–water partition coefficient (Wildman–Crippen LogP) is 2.18. The highest BCUT2D eigenvalue weighted by atomic mass is 16.3. The van der Waals surface area contributed by atoms with Crippen molar-refractivity contribution in [2.24, 2.45) is 0 Å². The topological polar surface area (TPSA) is 35.5 Å². The lowest BCUT2D eigenvalue weighted by Crippen LogP contribution is -2.62. The molecule has 19 heavy (non-hydrogen) atoms. The van der Waals surface area contributed by atoms with Crippen molar-refractivity contribution in [3.8, 4) is 0 Å². The number of piperazine rings is 1. The third kappa shape index (κ3) is 3.35. The van der Waals surface area contributed by atoms with E-state index in [0.717, 1.165) is 19.5 Å². The highest BCUT2D eigenvalue weighted by molar-refractivity contribution is 5.19. The van der Waals surface area contributed by atoms with E-state index in [1.165, 1.54) is 5.56 Å². The van der Waals surface area contributed by atoms with Crippen LogP contribution in [0.1, 0.15) is 38.8 Å². The quantitative estimate of drug-likeness (QED) is 0.873. The SMILES string of the molecule is CC(c1ccccc1)N1CC(CCO)NCC1(C)C. The van der Waals surface area contributed by atoms with E-state index in [0.29, 0.717) is 12.1 Å². The summed E-state index contributed by atoms with van der Waals surface area (Å²) in [5.74, 6) is 0. The minimum Gasteiger partial charge on any atom is -0.396 e. The van der Waals surface area contributed by atoms with Crippen molar-refractivity contribution in [2.45, 2.75) is 44.8 Å². The second-order valence-electron chi connectivity index (χ2n) is 6.14. The number of hydrogen-bond donors (Lipinski definition) is 2. The molecule has 0 amide bonds. The van der Waals surface area contributed by atoms with Crippen LogP contribution in [-0.4, -0.2) is 41.3 Å². The monoisotopic (exact) mass is 262 g/mol. The first-order chi connectivity index (χ1) is 9.04. The van der Waals surface area contributed by atoms with Crippen LogP contribution in [-0.2, 0) is 0 Å². The van der Waals surface area contributed by atoms with Gasteiger partial charge < -0.3 is 10.4 Å². The van der Waals surface area contributed by atoms with Crippen LogP contribution in [0.3, 0.4) is 0 Å². The number of hydrogen-bond acceptors (Lipinski definition) is 3. The summed E-state index contributed by atoms with van der Waals surface area (Å²) in [5, 5.41) is 12.7. The van der Waals surface area contributed by atoms with Crippen molar-refractivity contribution in [1.29, 1.82) is 0 Å². The molecule has 3 nitrogen and oxygen atoms in total. The van der Waals surface area contributed by atoms with E-state index in [-0.39, 0.29) is 12.1 Å². The average Bonchev–Trinajstić information content (AvgIpc) is 2.41. The molecule has 1 saturated heterocycles. The first kappa shape index (κ1) is 14.5. The zero-order chi connectivity index (χ0) is 13.9. The second-order valence-corrected chi connectivity index (χ2v) is 6.14. The van der Waals surface area contributed by atoms with Crippen LogP contribution in [0, 0.1) is 0 Å². The van der Waals surface area contributed by atoms with Crippen LogP contribution in [0.4, 0.5) is 0 Å². The molecule has 1 aromatic rings. The lowest BCUT2D eigenvalue weighted by Gasteiger charge is -2.49. The van der Waals surface area contributed by atoms with Gasteiger partial charge in [-0.25, -0.2) is 0 Å². The molecular weight excluding hydrogens is 236 g/mol. The van der Waals surface area contributed by atoms with Crippen molar-refractivity contribution in [2.75, 3.05) is 19.7 Å². The van der Waals surface area contributed by atoms with Crippen LogP contribution in [0.5, 0.6) is 0 Å². The molecule has 1 aromatic carbocycles. The summed E-state index contributed by atoms with van der Waals surface area (Å²) in [7, 11) is 0. The average molecular weight is 262 g/mol. The molecule has 0 bridgehead atoms. The Kier molecular flexibility index (Phi) is 4.61. The van der Waals surface area contributed by atoms with Crippen molar-refractivity contribution >= 4 is 0 Å². The van der Waals surface area contributed by atoms with Crippen LogP contribution < -0.4 is 5.32 Å². The van der Waals surface area contributed by atoms with Gasteiger partial charge in [-0.3, -0.25) is 4.90 Å². The lowest BCUT2D eigenvalue weighted by atomic mass is 9.92. The molecule has 1 aliphatic rings. The van der Waals surface area contributed by atoms with Gasteiger partial charge in [-0.1, -0.05) is 30.3 Å². The molecule has 2 rings (SSSR count). The van der Waals surface area contributed by atoms with Crippen LogP contribution in [0.15, 0.2) is 30.3 Å². The van der Waals surface area contributed by atoms with Gasteiger partial charge in [0.05, 0.1) is 0 Å². The van der Waals surface area contributed by atoms with E-state index in [9.17, 15) is 0 Å². The van der Waals surface area contributed by atoms with Gasteiger partial charge in [-0.05, 0) is 32.8 Å². The summed E-state index contributed by atoms with van der Waals surface area (Å²) in [5.41, 5.74) is 1.50. The van der Waals surface area contributed by atoms with Crippen molar-refractivity contribution in [3.05, 3.63) is 35.9 Å². The summed E-state index contributed by atoms with van der Waals surface area (Å²) in [6.07, 6.45) is 0.827. The summed E-state index contributed by atoms with van der Waals surface area (Å²) < 4.78 is 0. The lowest BCUT2D eigenvalue weighted by molar-refractivity contribution is 0.0255. The fraction of sp³-hybridized carbons (Fsp3) is 0.625. The first-order valence-electron chi connectivity index (χ1n) is 7.20. The molecule has 0 aromatic heterocycles. The van der Waals surface area contributed by atoms with Gasteiger partial charge in [0, 0.05) is 37.3 Å². The van der Waals surface area contributed by atoms with Crippen LogP contribution in [0.25, 0.3) is 0 Å². The highest BCUT2D eigenvalue weighted by Gasteiger charge is 2.36. The Morgan fingerprint density at radius 3 is 2.68 bits per heavy atom. The van der Waals surface area contributed by atoms with Crippen LogP contribution in [0.2, 0.25) is 0 Å². The molecule has 3 heteroatoms. The first-order valence-corrected chi connectivity index (χ1v) is 7.20. The maximum absolute atomic E-state index is 9.13. The van der Waals surface area contributed by atoms with E-state index in [1.807, 2.05) is 0 Å².